The number of nitrogens with one attached hydrogen (secondary N) is 2. The first-order valence-corrected chi connectivity index (χ1v) is 6.70. The lowest BCUT2D eigenvalue weighted by Crippen LogP contribution is -2.43. The van der Waals surface area contributed by atoms with Gasteiger partial charge in [0.05, 0.1) is 10.7 Å². The second-order valence-corrected chi connectivity index (χ2v) is 5.15. The fourth-order valence-corrected chi connectivity index (χ4v) is 2.82. The minimum Gasteiger partial charge on any atom is -0.369 e. The quantitative estimate of drug-likeness (QED) is 0.811. The van der Waals surface area contributed by atoms with Gasteiger partial charge in [-0.2, -0.15) is 0 Å². The molecule has 0 saturated carbocycles. The summed E-state index contributed by atoms with van der Waals surface area (Å²) in [7, 11) is 0. The average molecular weight is 266 g/mol. The van der Waals surface area contributed by atoms with Crippen molar-refractivity contribution < 1.29 is 4.79 Å². The zero-order chi connectivity index (χ0) is 12.5. The largest absolute Gasteiger partial charge is 0.369 e. The van der Waals surface area contributed by atoms with Gasteiger partial charge < -0.3 is 15.5 Å². The minimum absolute atomic E-state index is 0.0549. The molecule has 2 aliphatic rings. The number of carbonyl (C=O) groups is 1. The van der Waals surface area contributed by atoms with Gasteiger partial charge in [-0.1, -0.05) is 11.6 Å². The SMILES string of the molecule is O=C1CCc2cc(N3CCNCC3)cc(Cl)c2N1. The molecule has 0 aliphatic carbocycles. The smallest absolute Gasteiger partial charge is 0.224 e. The number of halogens is 1. The van der Waals surface area contributed by atoms with Gasteiger partial charge in [-0.3, -0.25) is 4.79 Å². The van der Waals surface area contributed by atoms with Crippen LogP contribution in [0.5, 0.6) is 0 Å². The molecule has 0 radical (unpaired) electrons. The molecule has 1 amide bonds. The molecule has 0 atom stereocenters. The molecule has 2 N–H and O–H groups in total. The molecule has 5 heteroatoms. The highest BCUT2D eigenvalue weighted by molar-refractivity contribution is 6.34. The van der Waals surface area contributed by atoms with Crippen molar-refractivity contribution in [2.24, 2.45) is 0 Å². The highest BCUT2D eigenvalue weighted by atomic mass is 35.5. The first-order chi connectivity index (χ1) is 8.74. The molecule has 0 bridgehead atoms. The zero-order valence-corrected chi connectivity index (χ0v) is 10.9. The Hall–Kier alpha value is -1.26. The lowest BCUT2D eigenvalue weighted by molar-refractivity contribution is -0.116. The summed E-state index contributed by atoms with van der Waals surface area (Å²) in [5.74, 6) is 0.0549. The van der Waals surface area contributed by atoms with Crippen molar-refractivity contribution in [2.45, 2.75) is 12.8 Å². The molecule has 1 aromatic carbocycles. The second-order valence-electron chi connectivity index (χ2n) is 4.75. The lowest BCUT2D eigenvalue weighted by Gasteiger charge is -2.31. The van der Waals surface area contributed by atoms with Crippen LogP contribution in [0.2, 0.25) is 5.02 Å². The maximum Gasteiger partial charge on any atom is 0.224 e. The Morgan fingerprint density at radius 1 is 1.17 bits per heavy atom. The van der Waals surface area contributed by atoms with Crippen molar-refractivity contribution in [1.29, 1.82) is 0 Å². The number of piperazine rings is 1. The van der Waals surface area contributed by atoms with Gasteiger partial charge in [0.15, 0.2) is 0 Å². The summed E-state index contributed by atoms with van der Waals surface area (Å²) >= 11 is 6.27. The van der Waals surface area contributed by atoms with Gasteiger partial charge in [0, 0.05) is 38.3 Å². The molecular weight excluding hydrogens is 250 g/mol. The summed E-state index contributed by atoms with van der Waals surface area (Å²) < 4.78 is 0. The van der Waals surface area contributed by atoms with Gasteiger partial charge in [0.1, 0.15) is 0 Å². The monoisotopic (exact) mass is 265 g/mol. The normalized spacial score (nSPS) is 19.4. The molecule has 18 heavy (non-hydrogen) atoms. The fraction of sp³-hybridized carbons (Fsp3) is 0.462. The number of rotatable bonds is 1. The minimum atomic E-state index is 0.0549. The first kappa shape index (κ1) is 11.8. The summed E-state index contributed by atoms with van der Waals surface area (Å²) in [4.78, 5) is 13.7. The topological polar surface area (TPSA) is 44.4 Å². The third-order valence-electron chi connectivity index (χ3n) is 3.52. The summed E-state index contributed by atoms with van der Waals surface area (Å²) in [6.45, 7) is 4.01. The highest BCUT2D eigenvalue weighted by Crippen LogP contribution is 2.35. The van der Waals surface area contributed by atoms with Crippen LogP contribution in [0.3, 0.4) is 0 Å². The zero-order valence-electron chi connectivity index (χ0n) is 10.1. The third kappa shape index (κ3) is 2.18. The van der Waals surface area contributed by atoms with E-state index in [1.807, 2.05) is 6.07 Å². The van der Waals surface area contributed by atoms with E-state index in [1.165, 1.54) is 0 Å². The lowest BCUT2D eigenvalue weighted by atomic mass is 10.0. The highest BCUT2D eigenvalue weighted by Gasteiger charge is 2.20. The molecule has 96 valence electrons. The molecule has 1 aromatic rings. The van der Waals surface area contributed by atoms with E-state index < -0.39 is 0 Å². The molecule has 1 saturated heterocycles. The van der Waals surface area contributed by atoms with Gasteiger partial charge in [-0.25, -0.2) is 0 Å². The number of anilines is 2. The summed E-state index contributed by atoms with van der Waals surface area (Å²) in [6.07, 6.45) is 1.33. The standard InChI is InChI=1S/C13H16ClN3O/c14-11-8-10(17-5-3-15-4-6-17)7-9-1-2-12(18)16-13(9)11/h7-8,15H,1-6H2,(H,16,18). The fourth-order valence-electron chi connectivity index (χ4n) is 2.54. The van der Waals surface area contributed by atoms with Crippen molar-refractivity contribution >= 4 is 28.9 Å². The predicted octanol–water partition coefficient (Wildman–Crippen LogP) is 1.63. The van der Waals surface area contributed by atoms with Gasteiger partial charge in [0.2, 0.25) is 5.91 Å². The Labute approximate surface area is 111 Å². The molecule has 3 rings (SSSR count). The Morgan fingerprint density at radius 3 is 2.72 bits per heavy atom. The third-order valence-corrected chi connectivity index (χ3v) is 3.82. The van der Waals surface area contributed by atoms with E-state index in [4.69, 9.17) is 11.6 Å². The number of hydrogen-bond acceptors (Lipinski definition) is 3. The first-order valence-electron chi connectivity index (χ1n) is 6.32. The van der Waals surface area contributed by atoms with Gasteiger partial charge in [-0.15, -0.1) is 0 Å². The van der Waals surface area contributed by atoms with Crippen LogP contribution in [-0.2, 0) is 11.2 Å². The van der Waals surface area contributed by atoms with Crippen LogP contribution in [0, 0.1) is 0 Å². The molecule has 0 aromatic heterocycles. The average Bonchev–Trinajstić information content (AvgIpc) is 2.40. The van der Waals surface area contributed by atoms with Gasteiger partial charge in [-0.05, 0) is 24.1 Å². The van der Waals surface area contributed by atoms with Crippen molar-refractivity contribution in [2.75, 3.05) is 36.4 Å². The van der Waals surface area contributed by atoms with E-state index in [0.717, 1.165) is 49.5 Å². The Balaban J connectivity index is 1.93. The maximum atomic E-state index is 11.4. The predicted molar refractivity (Wildman–Crippen MR) is 73.5 cm³/mol. The van der Waals surface area contributed by atoms with Crippen LogP contribution in [0.15, 0.2) is 12.1 Å². The molecule has 4 nitrogen and oxygen atoms in total. The number of aryl methyl sites for hydroxylation is 1. The Kier molecular flexibility index (Phi) is 3.14. The van der Waals surface area contributed by atoms with Crippen LogP contribution in [0.4, 0.5) is 11.4 Å². The summed E-state index contributed by atoms with van der Waals surface area (Å²) in [5, 5.41) is 6.84. The van der Waals surface area contributed by atoms with E-state index in [0.29, 0.717) is 11.4 Å². The van der Waals surface area contributed by atoms with Gasteiger partial charge >= 0.3 is 0 Å². The Bertz CT molecular complexity index is 483. The number of fused-ring (bicyclic) bond motifs is 1. The number of carbonyl (C=O) groups excluding carboxylic acids is 1. The van der Waals surface area contributed by atoms with E-state index in [-0.39, 0.29) is 5.91 Å². The van der Waals surface area contributed by atoms with E-state index in [2.05, 4.69) is 21.6 Å². The molecule has 0 unspecified atom stereocenters. The molecule has 1 fully saturated rings. The van der Waals surface area contributed by atoms with E-state index >= 15 is 0 Å². The number of amides is 1. The maximum absolute atomic E-state index is 11.4. The molecular formula is C13H16ClN3O. The molecule has 0 spiro atoms. The van der Waals surface area contributed by atoms with Crippen molar-refractivity contribution in [3.05, 3.63) is 22.7 Å². The van der Waals surface area contributed by atoms with Crippen molar-refractivity contribution in [3.63, 3.8) is 0 Å². The van der Waals surface area contributed by atoms with Crippen LogP contribution >= 0.6 is 11.6 Å². The number of hydrogen-bond donors (Lipinski definition) is 2. The van der Waals surface area contributed by atoms with E-state index in [1.54, 1.807) is 0 Å². The van der Waals surface area contributed by atoms with E-state index in [9.17, 15) is 4.79 Å². The summed E-state index contributed by atoms with van der Waals surface area (Å²) in [5.41, 5.74) is 3.11. The molecule has 2 aliphatic heterocycles. The van der Waals surface area contributed by atoms with Gasteiger partial charge in [0.25, 0.3) is 0 Å². The van der Waals surface area contributed by atoms with Crippen LogP contribution in [0.25, 0.3) is 0 Å². The molecule has 2 heterocycles. The Morgan fingerprint density at radius 2 is 1.94 bits per heavy atom. The van der Waals surface area contributed by atoms with Crippen LogP contribution < -0.4 is 15.5 Å². The van der Waals surface area contributed by atoms with Crippen molar-refractivity contribution in [1.82, 2.24) is 5.32 Å². The summed E-state index contributed by atoms with van der Waals surface area (Å²) in [6, 6.07) is 4.11. The second kappa shape index (κ2) is 4.78. The number of benzene rings is 1. The number of nitrogens with zero attached hydrogens (tertiary/aromatic N) is 1. The van der Waals surface area contributed by atoms with Crippen molar-refractivity contribution in [3.8, 4) is 0 Å². The van der Waals surface area contributed by atoms with Crippen LogP contribution in [-0.4, -0.2) is 32.1 Å². The van der Waals surface area contributed by atoms with Crippen LogP contribution in [0.1, 0.15) is 12.0 Å².